The molecule has 0 aromatic carbocycles. The molecule has 9 heavy (non-hydrogen) atoms. The third-order valence-electron chi connectivity index (χ3n) is 0.718. The van der Waals surface area contributed by atoms with Crippen LogP contribution < -0.4 is 0 Å². The van der Waals surface area contributed by atoms with Crippen LogP contribution in [0.1, 0.15) is 6.92 Å². The molecule has 0 aromatic rings. The molecule has 0 aliphatic heterocycles. The second-order valence-corrected chi connectivity index (χ2v) is 1.37. The largest absolute Gasteiger partial charge is 0.382 e. The smallest absolute Gasteiger partial charge is 0.147 e. The normalized spacial score (nSPS) is 10.0. The van der Waals surface area contributed by atoms with Crippen molar-refractivity contribution in [3.8, 4) is 0 Å². The van der Waals surface area contributed by atoms with E-state index in [4.69, 9.17) is 9.47 Å². The summed E-state index contributed by atoms with van der Waals surface area (Å²) in [6, 6.07) is 0. The van der Waals surface area contributed by atoms with Crippen LogP contribution in [0.2, 0.25) is 0 Å². The van der Waals surface area contributed by atoms with Crippen LogP contribution in [-0.2, 0) is 14.2 Å². The van der Waals surface area contributed by atoms with Gasteiger partial charge in [0.2, 0.25) is 0 Å². The van der Waals surface area contributed by atoms with Crippen LogP contribution in [0.3, 0.4) is 0 Å². The van der Waals surface area contributed by atoms with Crippen LogP contribution >= 0.6 is 0 Å². The fourth-order valence-electron chi connectivity index (χ4n) is 0.302. The number of hydrogen-bond acceptors (Lipinski definition) is 3. The molecule has 0 heterocycles. The Kier molecular flexibility index (Phi) is 7.77. The lowest BCUT2D eigenvalue weighted by Crippen LogP contribution is -2.03. The summed E-state index contributed by atoms with van der Waals surface area (Å²) in [7, 11) is 1.63. The van der Waals surface area contributed by atoms with E-state index in [1.165, 1.54) is 0 Å². The molecule has 0 amide bonds. The maximum Gasteiger partial charge on any atom is 0.147 e. The van der Waals surface area contributed by atoms with E-state index in [0.29, 0.717) is 13.2 Å². The molecule has 0 aliphatic carbocycles. The number of rotatable bonds is 6. The Morgan fingerprint density at radius 3 is 2.67 bits per heavy atom. The Hall–Kier alpha value is -0.120. The Morgan fingerprint density at radius 1 is 1.33 bits per heavy atom. The first kappa shape index (κ1) is 8.88. The van der Waals surface area contributed by atoms with Crippen LogP contribution in [0.25, 0.3) is 0 Å². The minimum Gasteiger partial charge on any atom is -0.382 e. The van der Waals surface area contributed by atoms with Gasteiger partial charge in [-0.3, -0.25) is 0 Å². The minimum atomic E-state index is 0.264. The highest BCUT2D eigenvalue weighted by Crippen LogP contribution is 1.80. The molecule has 54 valence electrons. The lowest BCUT2D eigenvalue weighted by Gasteiger charge is -2.00. The Morgan fingerprint density at radius 2 is 2.11 bits per heavy atom. The first-order chi connectivity index (χ1) is 4.41. The van der Waals surface area contributed by atoms with Gasteiger partial charge in [-0.05, 0) is 6.92 Å². The van der Waals surface area contributed by atoms with Crippen molar-refractivity contribution < 1.29 is 14.2 Å². The predicted octanol–water partition coefficient (Wildman–Crippen LogP) is 0.682. The Bertz CT molecular complexity index is 41.6. The molecule has 2 radical (unpaired) electrons. The van der Waals surface area contributed by atoms with Gasteiger partial charge in [-0.2, -0.15) is 0 Å². The van der Waals surface area contributed by atoms with Crippen LogP contribution in [0, 0.1) is 6.61 Å². The van der Waals surface area contributed by atoms with Crippen molar-refractivity contribution in [2.24, 2.45) is 0 Å². The van der Waals surface area contributed by atoms with Crippen molar-refractivity contribution >= 4 is 0 Å². The molecule has 0 saturated heterocycles. The molecule has 0 saturated carbocycles. The predicted molar refractivity (Wildman–Crippen MR) is 32.7 cm³/mol. The van der Waals surface area contributed by atoms with Gasteiger partial charge in [-0.25, -0.2) is 0 Å². The van der Waals surface area contributed by atoms with E-state index < -0.39 is 0 Å². The maximum absolute atomic E-state index is 4.90. The van der Waals surface area contributed by atoms with Gasteiger partial charge in [-0.1, -0.05) is 0 Å². The summed E-state index contributed by atoms with van der Waals surface area (Å²) in [5, 5.41) is 0. The minimum absolute atomic E-state index is 0.264. The van der Waals surface area contributed by atoms with Crippen molar-refractivity contribution in [2.75, 3.05) is 27.1 Å². The molecule has 3 nitrogen and oxygen atoms in total. The van der Waals surface area contributed by atoms with E-state index in [0.717, 1.165) is 0 Å². The topological polar surface area (TPSA) is 27.7 Å². The molecule has 0 atom stereocenters. The molecule has 0 N–H and O–H groups in total. The number of ether oxygens (including phenoxy) is 3. The highest BCUT2D eigenvalue weighted by molar-refractivity contribution is 4.28. The fraction of sp³-hybridized carbons (Fsp3) is 0.833. The van der Waals surface area contributed by atoms with Crippen molar-refractivity contribution in [1.82, 2.24) is 0 Å². The van der Waals surface area contributed by atoms with Gasteiger partial charge >= 0.3 is 0 Å². The molecule has 0 fully saturated rings. The molecular weight excluding hydrogens is 120 g/mol. The molecule has 0 rings (SSSR count). The lowest BCUT2D eigenvalue weighted by atomic mass is 10.8. The lowest BCUT2D eigenvalue weighted by molar-refractivity contribution is -0.0424. The molecule has 0 aromatic heterocycles. The summed E-state index contributed by atoms with van der Waals surface area (Å²) < 4.78 is 14.3. The Labute approximate surface area is 55.9 Å². The van der Waals surface area contributed by atoms with Crippen molar-refractivity contribution in [3.05, 3.63) is 6.61 Å². The van der Waals surface area contributed by atoms with Crippen LogP contribution in [0.4, 0.5) is 0 Å². The van der Waals surface area contributed by atoms with Crippen molar-refractivity contribution in [1.29, 1.82) is 0 Å². The molecule has 0 bridgehead atoms. The third kappa shape index (κ3) is 7.88. The van der Waals surface area contributed by atoms with Gasteiger partial charge < -0.3 is 14.2 Å². The van der Waals surface area contributed by atoms with E-state index in [1.807, 2.05) is 0 Å². The van der Waals surface area contributed by atoms with Crippen LogP contribution in [-0.4, -0.2) is 27.1 Å². The average molecular weight is 132 g/mol. The van der Waals surface area contributed by atoms with Gasteiger partial charge in [0.25, 0.3) is 0 Å². The summed E-state index contributed by atoms with van der Waals surface area (Å²) in [4.78, 5) is 0. The molecule has 3 heteroatoms. The van der Waals surface area contributed by atoms with Crippen molar-refractivity contribution in [2.45, 2.75) is 6.92 Å². The zero-order chi connectivity index (χ0) is 6.95. The van der Waals surface area contributed by atoms with E-state index in [-0.39, 0.29) is 6.79 Å². The molecule has 0 unspecified atom stereocenters. The molecule has 0 spiro atoms. The summed E-state index contributed by atoms with van der Waals surface area (Å²) in [6.45, 7) is 5.59. The monoisotopic (exact) mass is 132 g/mol. The number of hydrogen-bond donors (Lipinski definition) is 0. The van der Waals surface area contributed by atoms with Gasteiger partial charge in [0.15, 0.2) is 0 Å². The van der Waals surface area contributed by atoms with Gasteiger partial charge in [0, 0.05) is 7.11 Å². The van der Waals surface area contributed by atoms with Crippen molar-refractivity contribution in [3.63, 3.8) is 0 Å². The van der Waals surface area contributed by atoms with Gasteiger partial charge in [-0.15, -0.1) is 0 Å². The summed E-state index contributed by atoms with van der Waals surface area (Å²) in [5.74, 6) is 0. The fourth-order valence-corrected chi connectivity index (χ4v) is 0.302. The summed E-state index contributed by atoms with van der Waals surface area (Å²) in [6.07, 6.45) is 0. The molecular formula is C6H12O3. The first-order valence-electron chi connectivity index (χ1n) is 2.77. The van der Waals surface area contributed by atoms with E-state index in [9.17, 15) is 0 Å². The molecule has 0 aliphatic rings. The highest BCUT2D eigenvalue weighted by Gasteiger charge is 1.84. The first-order valence-corrected chi connectivity index (χ1v) is 2.77. The zero-order valence-corrected chi connectivity index (χ0v) is 5.85. The maximum atomic E-state index is 4.90. The summed E-state index contributed by atoms with van der Waals surface area (Å²) >= 11 is 0. The van der Waals surface area contributed by atoms with Gasteiger partial charge in [0.1, 0.15) is 13.4 Å². The van der Waals surface area contributed by atoms with E-state index in [2.05, 4.69) is 11.3 Å². The Balaban J connectivity index is 2.60. The van der Waals surface area contributed by atoms with Crippen LogP contribution in [0.15, 0.2) is 0 Å². The van der Waals surface area contributed by atoms with Gasteiger partial charge in [0.05, 0.1) is 13.2 Å². The second kappa shape index (κ2) is 7.88. The second-order valence-electron chi connectivity index (χ2n) is 1.37. The average Bonchev–Trinajstić information content (AvgIpc) is 1.89. The summed E-state index contributed by atoms with van der Waals surface area (Å²) in [5.41, 5.74) is 0. The SMILES string of the molecule is C[C]OCOCCOC. The van der Waals surface area contributed by atoms with E-state index >= 15 is 0 Å². The third-order valence-corrected chi connectivity index (χ3v) is 0.718. The number of methoxy groups -OCH3 is 1. The standard InChI is InChI=1S/C6H12O3/c1-3-8-6-9-5-4-7-2/h4-6H2,1-2H3. The zero-order valence-electron chi connectivity index (χ0n) is 5.85. The van der Waals surface area contributed by atoms with E-state index in [1.54, 1.807) is 14.0 Å². The quantitative estimate of drug-likeness (QED) is 0.393. The van der Waals surface area contributed by atoms with Crippen LogP contribution in [0.5, 0.6) is 0 Å². The highest BCUT2D eigenvalue weighted by atomic mass is 16.7.